The largest absolute Gasteiger partial charge is 0.365 e. The number of hydrogen-bond donors (Lipinski definition) is 0. The van der Waals surface area contributed by atoms with Crippen molar-refractivity contribution in [3.8, 4) is 0 Å². The van der Waals surface area contributed by atoms with Crippen LogP contribution >= 0.6 is 0 Å². The van der Waals surface area contributed by atoms with Crippen molar-refractivity contribution in [3.05, 3.63) is 47.5 Å². The predicted molar refractivity (Wildman–Crippen MR) is 67.8 cm³/mol. The third-order valence-corrected chi connectivity index (χ3v) is 2.98. The Morgan fingerprint density at radius 3 is 2.71 bits per heavy atom. The van der Waals surface area contributed by atoms with E-state index in [2.05, 4.69) is 37.3 Å². The normalized spacial score (nSPS) is 23.6. The molecule has 2 rings (SSSR count). The van der Waals surface area contributed by atoms with Crippen molar-refractivity contribution in [2.24, 2.45) is 0 Å². The number of ketones is 1. The van der Waals surface area contributed by atoms with E-state index in [0.717, 1.165) is 6.42 Å². The Bertz CT molecular complexity index is 417. The second-order valence-electron chi connectivity index (χ2n) is 4.64. The van der Waals surface area contributed by atoms with Gasteiger partial charge in [0, 0.05) is 6.42 Å². The van der Waals surface area contributed by atoms with Crippen LogP contribution < -0.4 is 0 Å². The maximum atomic E-state index is 11.1. The standard InChI is InChI=1S/C15H18O2/c1-11-6-8-13(9-7-11)15-5-3-4-14(17-15)10-12(2)16/h3-4,6-9,14-15H,5,10H2,1-2H3/t14-,15+/m0/s1. The van der Waals surface area contributed by atoms with Gasteiger partial charge in [-0.3, -0.25) is 4.79 Å². The maximum Gasteiger partial charge on any atom is 0.132 e. The van der Waals surface area contributed by atoms with Crippen LogP contribution in [0.2, 0.25) is 0 Å². The van der Waals surface area contributed by atoms with Gasteiger partial charge < -0.3 is 4.74 Å². The Hall–Kier alpha value is -1.41. The highest BCUT2D eigenvalue weighted by atomic mass is 16.5. The fourth-order valence-corrected chi connectivity index (χ4v) is 2.06. The second kappa shape index (κ2) is 5.28. The zero-order chi connectivity index (χ0) is 12.3. The van der Waals surface area contributed by atoms with Gasteiger partial charge in [0.15, 0.2) is 0 Å². The highest BCUT2D eigenvalue weighted by Gasteiger charge is 2.20. The molecule has 0 aromatic heterocycles. The molecule has 0 spiro atoms. The summed E-state index contributed by atoms with van der Waals surface area (Å²) < 4.78 is 5.92. The predicted octanol–water partition coefficient (Wildman–Crippen LogP) is 3.36. The van der Waals surface area contributed by atoms with Gasteiger partial charge in [-0.05, 0) is 25.8 Å². The molecule has 1 aromatic carbocycles. The van der Waals surface area contributed by atoms with Gasteiger partial charge in [-0.15, -0.1) is 0 Å². The monoisotopic (exact) mass is 230 g/mol. The average Bonchev–Trinajstić information content (AvgIpc) is 2.29. The van der Waals surface area contributed by atoms with E-state index in [0.29, 0.717) is 6.42 Å². The molecule has 0 N–H and O–H groups in total. The number of aryl methyl sites for hydroxylation is 1. The lowest BCUT2D eigenvalue weighted by Gasteiger charge is -2.25. The van der Waals surface area contributed by atoms with Crippen molar-refractivity contribution < 1.29 is 9.53 Å². The lowest BCUT2D eigenvalue weighted by molar-refractivity contribution is -0.120. The van der Waals surface area contributed by atoms with Gasteiger partial charge in [0.25, 0.3) is 0 Å². The number of benzene rings is 1. The fraction of sp³-hybridized carbons (Fsp3) is 0.400. The van der Waals surface area contributed by atoms with Crippen LogP contribution in [0.25, 0.3) is 0 Å². The SMILES string of the molecule is CC(=O)C[C@@H]1C=CC[C@H](c2ccc(C)cc2)O1. The molecule has 17 heavy (non-hydrogen) atoms. The van der Waals surface area contributed by atoms with Gasteiger partial charge in [0.2, 0.25) is 0 Å². The van der Waals surface area contributed by atoms with Crippen LogP contribution in [0, 0.1) is 6.92 Å². The molecule has 2 atom stereocenters. The van der Waals surface area contributed by atoms with Crippen molar-refractivity contribution in [1.29, 1.82) is 0 Å². The topological polar surface area (TPSA) is 26.3 Å². The summed E-state index contributed by atoms with van der Waals surface area (Å²) in [5.41, 5.74) is 2.44. The summed E-state index contributed by atoms with van der Waals surface area (Å²) in [5.74, 6) is 0.171. The molecule has 0 saturated heterocycles. The van der Waals surface area contributed by atoms with Crippen molar-refractivity contribution in [2.45, 2.75) is 38.9 Å². The number of Topliss-reactive ketones (excluding diaryl/α,β-unsaturated/α-hetero) is 1. The number of hydrogen-bond acceptors (Lipinski definition) is 2. The summed E-state index contributed by atoms with van der Waals surface area (Å²) in [5, 5.41) is 0. The van der Waals surface area contributed by atoms with Gasteiger partial charge in [-0.25, -0.2) is 0 Å². The first-order chi connectivity index (χ1) is 8.15. The maximum absolute atomic E-state index is 11.1. The Kier molecular flexibility index (Phi) is 3.75. The fourth-order valence-electron chi connectivity index (χ4n) is 2.06. The van der Waals surface area contributed by atoms with E-state index in [1.54, 1.807) is 6.92 Å². The van der Waals surface area contributed by atoms with Gasteiger partial charge in [0.05, 0.1) is 12.2 Å². The smallest absolute Gasteiger partial charge is 0.132 e. The molecule has 0 radical (unpaired) electrons. The molecule has 1 aliphatic heterocycles. The van der Waals surface area contributed by atoms with E-state index in [9.17, 15) is 4.79 Å². The first kappa shape index (κ1) is 12.1. The molecule has 1 heterocycles. The minimum atomic E-state index is -0.0625. The Morgan fingerprint density at radius 2 is 2.06 bits per heavy atom. The van der Waals surface area contributed by atoms with Crippen molar-refractivity contribution >= 4 is 5.78 Å². The van der Waals surface area contributed by atoms with Crippen LogP contribution in [-0.2, 0) is 9.53 Å². The minimum absolute atomic E-state index is 0.0625. The summed E-state index contributed by atoms with van der Waals surface area (Å²) in [6, 6.07) is 8.39. The first-order valence-electron chi connectivity index (χ1n) is 6.03. The van der Waals surface area contributed by atoms with Crippen LogP contribution in [-0.4, -0.2) is 11.9 Å². The molecule has 1 aliphatic rings. The number of rotatable bonds is 3. The summed E-state index contributed by atoms with van der Waals surface area (Å²) in [7, 11) is 0. The van der Waals surface area contributed by atoms with E-state index < -0.39 is 0 Å². The Labute approximate surface area is 102 Å². The highest BCUT2D eigenvalue weighted by molar-refractivity contribution is 5.76. The third kappa shape index (κ3) is 3.27. The molecular formula is C15H18O2. The van der Waals surface area contributed by atoms with E-state index in [1.807, 2.05) is 6.08 Å². The summed E-state index contributed by atoms with van der Waals surface area (Å²) >= 11 is 0. The first-order valence-corrected chi connectivity index (χ1v) is 6.03. The van der Waals surface area contributed by atoms with E-state index in [-0.39, 0.29) is 18.0 Å². The summed E-state index contributed by atoms with van der Waals surface area (Å²) in [6.45, 7) is 3.68. The van der Waals surface area contributed by atoms with Crippen LogP contribution in [0.4, 0.5) is 0 Å². The second-order valence-corrected chi connectivity index (χ2v) is 4.64. The van der Waals surface area contributed by atoms with Crippen LogP contribution in [0.1, 0.15) is 37.0 Å². The molecule has 2 heteroatoms. The molecule has 0 unspecified atom stereocenters. The average molecular weight is 230 g/mol. The quantitative estimate of drug-likeness (QED) is 0.744. The Morgan fingerprint density at radius 1 is 1.35 bits per heavy atom. The molecule has 0 amide bonds. The molecule has 0 saturated carbocycles. The molecule has 2 nitrogen and oxygen atoms in total. The van der Waals surface area contributed by atoms with Crippen molar-refractivity contribution in [3.63, 3.8) is 0 Å². The molecule has 0 fully saturated rings. The number of carbonyl (C=O) groups is 1. The highest BCUT2D eigenvalue weighted by Crippen LogP contribution is 2.28. The third-order valence-electron chi connectivity index (χ3n) is 2.98. The Balaban J connectivity index is 2.06. The van der Waals surface area contributed by atoms with Gasteiger partial charge >= 0.3 is 0 Å². The summed E-state index contributed by atoms with van der Waals surface area (Å²) in [6.07, 6.45) is 5.49. The lowest BCUT2D eigenvalue weighted by atomic mass is 10.0. The van der Waals surface area contributed by atoms with E-state index in [1.165, 1.54) is 11.1 Å². The van der Waals surface area contributed by atoms with Gasteiger partial charge in [0.1, 0.15) is 5.78 Å². The molecule has 0 bridgehead atoms. The van der Waals surface area contributed by atoms with Gasteiger partial charge in [-0.1, -0.05) is 42.0 Å². The van der Waals surface area contributed by atoms with Crippen LogP contribution in [0.15, 0.2) is 36.4 Å². The number of carbonyl (C=O) groups excluding carboxylic acids is 1. The van der Waals surface area contributed by atoms with Crippen LogP contribution in [0.3, 0.4) is 0 Å². The molecular weight excluding hydrogens is 212 g/mol. The van der Waals surface area contributed by atoms with Crippen molar-refractivity contribution in [1.82, 2.24) is 0 Å². The van der Waals surface area contributed by atoms with Crippen LogP contribution in [0.5, 0.6) is 0 Å². The van der Waals surface area contributed by atoms with Crippen molar-refractivity contribution in [2.75, 3.05) is 0 Å². The van der Waals surface area contributed by atoms with E-state index >= 15 is 0 Å². The molecule has 1 aromatic rings. The molecule has 0 aliphatic carbocycles. The van der Waals surface area contributed by atoms with Gasteiger partial charge in [-0.2, -0.15) is 0 Å². The summed E-state index contributed by atoms with van der Waals surface area (Å²) in [4.78, 5) is 11.1. The zero-order valence-electron chi connectivity index (χ0n) is 10.3. The number of ether oxygens (including phenoxy) is 1. The van der Waals surface area contributed by atoms with E-state index in [4.69, 9.17) is 4.74 Å². The zero-order valence-corrected chi connectivity index (χ0v) is 10.3. The molecule has 90 valence electrons. The lowest BCUT2D eigenvalue weighted by Crippen LogP contribution is -2.20. The minimum Gasteiger partial charge on any atom is -0.365 e.